The fourth-order valence-electron chi connectivity index (χ4n) is 5.49. The van der Waals surface area contributed by atoms with Gasteiger partial charge in [0.25, 0.3) is 0 Å². The number of fused-ring (bicyclic) bond motifs is 5. The van der Waals surface area contributed by atoms with Gasteiger partial charge < -0.3 is 28.8 Å². The quantitative estimate of drug-likeness (QED) is 0.524. The van der Waals surface area contributed by atoms with Crippen molar-refractivity contribution in [3.05, 3.63) is 76.3 Å². The maximum atomic E-state index is 13.3. The summed E-state index contributed by atoms with van der Waals surface area (Å²) < 4.78 is 22.0. The van der Waals surface area contributed by atoms with Crippen molar-refractivity contribution >= 4 is 28.9 Å². The maximum absolute atomic E-state index is 13.3. The second kappa shape index (κ2) is 8.48. The number of esters is 2. The molecule has 0 amide bonds. The van der Waals surface area contributed by atoms with Crippen molar-refractivity contribution in [3.8, 4) is 11.5 Å². The number of carbonyl (C=O) groups excluding carboxylic acids is 2. The van der Waals surface area contributed by atoms with Gasteiger partial charge in [-0.2, -0.15) is 0 Å². The summed E-state index contributed by atoms with van der Waals surface area (Å²) in [5.41, 5.74) is 5.52. The van der Waals surface area contributed by atoms with Gasteiger partial charge >= 0.3 is 11.9 Å². The molecule has 3 aromatic rings. The van der Waals surface area contributed by atoms with Gasteiger partial charge in [0.05, 0.1) is 30.5 Å². The third-order valence-corrected chi connectivity index (χ3v) is 6.94. The summed E-state index contributed by atoms with van der Waals surface area (Å²) in [6, 6.07) is 13.6. The molecule has 36 heavy (non-hydrogen) atoms. The number of allylic oxidation sites excluding steroid dienone is 1. The molecule has 0 spiro atoms. The van der Waals surface area contributed by atoms with Gasteiger partial charge in [-0.05, 0) is 50.6 Å². The van der Waals surface area contributed by atoms with Gasteiger partial charge in [0.2, 0.25) is 6.79 Å². The van der Waals surface area contributed by atoms with Gasteiger partial charge in [-0.25, -0.2) is 4.79 Å². The molecule has 4 heterocycles. The lowest BCUT2D eigenvalue weighted by molar-refractivity contribution is -0.148. The van der Waals surface area contributed by atoms with E-state index in [2.05, 4.69) is 11.1 Å². The van der Waals surface area contributed by atoms with Gasteiger partial charge in [0, 0.05) is 27.9 Å². The maximum Gasteiger partial charge on any atom is 0.337 e. The van der Waals surface area contributed by atoms with Crippen LogP contribution >= 0.6 is 0 Å². The van der Waals surface area contributed by atoms with Crippen molar-refractivity contribution < 1.29 is 28.5 Å². The summed E-state index contributed by atoms with van der Waals surface area (Å²) in [6.07, 6.45) is 1.99. The molecule has 3 aliphatic heterocycles. The van der Waals surface area contributed by atoms with Crippen LogP contribution in [-0.2, 0) is 19.1 Å². The lowest BCUT2D eigenvalue weighted by atomic mass is 9.90. The number of nitrogens with zero attached hydrogens (tertiary/aromatic N) is 1. The first kappa shape index (κ1) is 22.3. The second-order valence-corrected chi connectivity index (χ2v) is 8.86. The summed E-state index contributed by atoms with van der Waals surface area (Å²) in [7, 11) is 0. The molecule has 2 aromatic carbocycles. The molecule has 3 aliphatic rings. The van der Waals surface area contributed by atoms with Gasteiger partial charge in [0.15, 0.2) is 11.5 Å². The standard InChI is InChI=1S/C28H26N2O6/c1-4-33-27(31)23-15(3)30-20(24(23)28(32)34-5-2)13-18-17-8-6-7-9-19(17)29-25(18)26(30)16-10-11-21-22(12-16)36-14-35-21/h6-13,24,26,29H,4-5,14H2,1-3H3/t24-,26?/m0/s1. The molecule has 1 N–H and O–H groups in total. The van der Waals surface area contributed by atoms with E-state index in [1.807, 2.05) is 54.3 Å². The Balaban J connectivity index is 1.60. The van der Waals surface area contributed by atoms with Crippen LogP contribution in [0.2, 0.25) is 0 Å². The van der Waals surface area contributed by atoms with Crippen LogP contribution in [0.1, 0.15) is 43.6 Å². The molecule has 0 radical (unpaired) electrons. The first-order chi connectivity index (χ1) is 17.5. The Morgan fingerprint density at radius 3 is 2.64 bits per heavy atom. The first-order valence-corrected chi connectivity index (χ1v) is 12.1. The Morgan fingerprint density at radius 1 is 1.06 bits per heavy atom. The van der Waals surface area contributed by atoms with Crippen LogP contribution in [-0.4, -0.2) is 41.8 Å². The smallest absolute Gasteiger partial charge is 0.337 e. The number of benzene rings is 2. The Labute approximate surface area is 208 Å². The Morgan fingerprint density at radius 2 is 1.83 bits per heavy atom. The molecule has 0 bridgehead atoms. The molecule has 8 heteroatoms. The molecule has 0 aliphatic carbocycles. The third kappa shape index (κ3) is 3.21. The summed E-state index contributed by atoms with van der Waals surface area (Å²) in [5, 5.41) is 1.04. The fraction of sp³-hybridized carbons (Fsp3) is 0.286. The minimum atomic E-state index is -0.887. The van der Waals surface area contributed by atoms with Crippen molar-refractivity contribution in [2.45, 2.75) is 26.8 Å². The van der Waals surface area contributed by atoms with E-state index in [9.17, 15) is 9.59 Å². The number of hydrogen-bond acceptors (Lipinski definition) is 7. The van der Waals surface area contributed by atoms with Crippen LogP contribution in [0.5, 0.6) is 11.5 Å². The van der Waals surface area contributed by atoms with Gasteiger partial charge in [0.1, 0.15) is 5.92 Å². The Hall–Kier alpha value is -4.20. The van der Waals surface area contributed by atoms with E-state index in [1.165, 1.54) is 0 Å². The predicted molar refractivity (Wildman–Crippen MR) is 132 cm³/mol. The number of carbonyl (C=O) groups is 2. The number of para-hydroxylation sites is 1. The number of nitrogens with one attached hydrogen (secondary N) is 1. The van der Waals surface area contributed by atoms with Crippen LogP contribution in [0.25, 0.3) is 17.0 Å². The average molecular weight is 487 g/mol. The number of hydrogen-bond donors (Lipinski definition) is 1. The third-order valence-electron chi connectivity index (χ3n) is 6.94. The van der Waals surface area contributed by atoms with E-state index in [0.717, 1.165) is 27.7 Å². The second-order valence-electron chi connectivity index (χ2n) is 8.86. The summed E-state index contributed by atoms with van der Waals surface area (Å²) in [5.74, 6) is -0.521. The highest BCUT2D eigenvalue weighted by Crippen LogP contribution is 2.52. The lowest BCUT2D eigenvalue weighted by Crippen LogP contribution is -2.32. The fourth-order valence-corrected chi connectivity index (χ4v) is 5.49. The average Bonchev–Trinajstić information content (AvgIpc) is 3.56. The minimum Gasteiger partial charge on any atom is -0.465 e. The highest BCUT2D eigenvalue weighted by Gasteiger charge is 2.49. The SMILES string of the molecule is CCOC(=O)C1=C(C)N2C(=Cc3c([nH]c4ccccc34)C2c2ccc3c(c2)OCO3)[C@@H]1C(=O)OCC. The Bertz CT molecular complexity index is 1470. The highest BCUT2D eigenvalue weighted by atomic mass is 16.7. The van der Waals surface area contributed by atoms with E-state index in [-0.39, 0.29) is 26.0 Å². The van der Waals surface area contributed by atoms with E-state index in [0.29, 0.717) is 28.5 Å². The van der Waals surface area contributed by atoms with Gasteiger partial charge in [-0.1, -0.05) is 24.3 Å². The van der Waals surface area contributed by atoms with Crippen LogP contribution in [0.15, 0.2) is 59.4 Å². The van der Waals surface area contributed by atoms with E-state index < -0.39 is 17.9 Å². The Kier molecular flexibility index (Phi) is 5.25. The summed E-state index contributed by atoms with van der Waals surface area (Å²) >= 11 is 0. The van der Waals surface area contributed by atoms with Crippen molar-refractivity contribution in [2.24, 2.45) is 5.92 Å². The molecule has 0 fully saturated rings. The van der Waals surface area contributed by atoms with E-state index >= 15 is 0 Å². The van der Waals surface area contributed by atoms with Crippen molar-refractivity contribution in [2.75, 3.05) is 20.0 Å². The number of ether oxygens (including phenoxy) is 4. The zero-order valence-electron chi connectivity index (χ0n) is 20.3. The van der Waals surface area contributed by atoms with Crippen molar-refractivity contribution in [3.63, 3.8) is 0 Å². The van der Waals surface area contributed by atoms with Crippen LogP contribution in [0.4, 0.5) is 0 Å². The molecule has 184 valence electrons. The highest BCUT2D eigenvalue weighted by molar-refractivity contribution is 6.01. The molecule has 1 unspecified atom stereocenters. The van der Waals surface area contributed by atoms with E-state index in [4.69, 9.17) is 18.9 Å². The molecular weight excluding hydrogens is 460 g/mol. The van der Waals surface area contributed by atoms with Crippen LogP contribution < -0.4 is 9.47 Å². The predicted octanol–water partition coefficient (Wildman–Crippen LogP) is 4.67. The lowest BCUT2D eigenvalue weighted by Gasteiger charge is -2.36. The van der Waals surface area contributed by atoms with E-state index in [1.54, 1.807) is 13.8 Å². The van der Waals surface area contributed by atoms with Crippen molar-refractivity contribution in [1.29, 1.82) is 0 Å². The molecule has 8 nitrogen and oxygen atoms in total. The monoisotopic (exact) mass is 486 g/mol. The van der Waals surface area contributed by atoms with Crippen LogP contribution in [0, 0.1) is 5.92 Å². The number of H-pyrrole nitrogens is 1. The molecule has 1 aromatic heterocycles. The first-order valence-electron chi connectivity index (χ1n) is 12.1. The summed E-state index contributed by atoms with van der Waals surface area (Å²) in [4.78, 5) is 32.1. The van der Waals surface area contributed by atoms with Crippen LogP contribution in [0.3, 0.4) is 0 Å². The molecule has 0 saturated heterocycles. The normalized spacial score (nSPS) is 19.8. The summed E-state index contributed by atoms with van der Waals surface area (Å²) in [6.45, 7) is 5.95. The largest absolute Gasteiger partial charge is 0.465 e. The number of aromatic nitrogens is 1. The number of aromatic amines is 1. The van der Waals surface area contributed by atoms with Crippen molar-refractivity contribution in [1.82, 2.24) is 9.88 Å². The molecule has 2 atom stereocenters. The topological polar surface area (TPSA) is 90.1 Å². The molecule has 0 saturated carbocycles. The number of rotatable bonds is 5. The minimum absolute atomic E-state index is 0.173. The molecular formula is C28H26N2O6. The van der Waals surface area contributed by atoms with Gasteiger partial charge in [-0.3, -0.25) is 4.79 Å². The zero-order valence-corrected chi connectivity index (χ0v) is 20.3. The van der Waals surface area contributed by atoms with Gasteiger partial charge in [-0.15, -0.1) is 0 Å². The zero-order chi connectivity index (χ0) is 25.0. The molecule has 6 rings (SSSR count).